The number of nitrogens with one attached hydrogen (secondary N) is 1. The summed E-state index contributed by atoms with van der Waals surface area (Å²) in [6.45, 7) is 4.13. The number of benzene rings is 5. The van der Waals surface area contributed by atoms with Crippen LogP contribution in [0, 0.1) is 0 Å². The summed E-state index contributed by atoms with van der Waals surface area (Å²) in [5, 5.41) is 6.38. The van der Waals surface area contributed by atoms with Gasteiger partial charge in [0.2, 0.25) is 0 Å². The maximum Gasteiger partial charge on any atom is 0.264 e. The average molecular weight is 592 g/mol. The molecule has 0 aliphatic rings. The van der Waals surface area contributed by atoms with Crippen molar-refractivity contribution < 1.29 is 17.9 Å². The zero-order valence-corrected chi connectivity index (χ0v) is 24.9. The van der Waals surface area contributed by atoms with Crippen LogP contribution >= 0.6 is 0 Å². The molecule has 5 aromatic rings. The summed E-state index contributed by atoms with van der Waals surface area (Å²) in [5.74, 6) is 0.425. The van der Waals surface area contributed by atoms with E-state index in [9.17, 15) is 13.2 Å². The van der Waals surface area contributed by atoms with Gasteiger partial charge in [0.1, 0.15) is 18.9 Å². The highest BCUT2D eigenvalue weighted by Crippen LogP contribution is 2.26. The molecule has 0 unspecified atom stereocenters. The first-order valence-electron chi connectivity index (χ1n) is 14.0. The van der Waals surface area contributed by atoms with Crippen molar-refractivity contribution in [1.82, 2.24) is 5.43 Å². The molecule has 5 rings (SSSR count). The molecule has 0 saturated heterocycles. The van der Waals surface area contributed by atoms with E-state index in [0.717, 1.165) is 26.4 Å². The third kappa shape index (κ3) is 7.28. The van der Waals surface area contributed by atoms with E-state index in [0.29, 0.717) is 18.0 Å². The monoisotopic (exact) mass is 591 g/mol. The second kappa shape index (κ2) is 13.4. The van der Waals surface area contributed by atoms with Crippen LogP contribution in [0.15, 0.2) is 131 Å². The van der Waals surface area contributed by atoms with Crippen molar-refractivity contribution in [2.75, 3.05) is 10.8 Å². The Morgan fingerprint density at radius 1 is 0.837 bits per heavy atom. The molecule has 0 aliphatic carbocycles. The molecule has 0 heterocycles. The first-order chi connectivity index (χ1) is 20.8. The van der Waals surface area contributed by atoms with Crippen LogP contribution in [-0.4, -0.2) is 27.1 Å². The van der Waals surface area contributed by atoms with Gasteiger partial charge in [0, 0.05) is 0 Å². The van der Waals surface area contributed by atoms with Crippen LogP contribution in [0.3, 0.4) is 0 Å². The number of carbonyl (C=O) groups excluding carboxylic acids is 1. The van der Waals surface area contributed by atoms with Gasteiger partial charge in [-0.15, -0.1) is 0 Å². The van der Waals surface area contributed by atoms with Crippen LogP contribution in [0.25, 0.3) is 10.8 Å². The van der Waals surface area contributed by atoms with Crippen LogP contribution < -0.4 is 14.5 Å². The molecule has 1 N–H and O–H groups in total. The van der Waals surface area contributed by atoms with Gasteiger partial charge in [0.15, 0.2) is 0 Å². The Morgan fingerprint density at radius 3 is 2.23 bits per heavy atom. The van der Waals surface area contributed by atoms with E-state index in [4.69, 9.17) is 4.74 Å². The second-order valence-corrected chi connectivity index (χ2v) is 12.2. The van der Waals surface area contributed by atoms with Gasteiger partial charge < -0.3 is 4.74 Å². The lowest BCUT2D eigenvalue weighted by Crippen LogP contribution is -2.39. The normalized spacial score (nSPS) is 11.6. The number of nitrogens with zero attached hydrogens (tertiary/aromatic N) is 2. The summed E-state index contributed by atoms with van der Waals surface area (Å²) in [6, 6.07) is 36.9. The van der Waals surface area contributed by atoms with Gasteiger partial charge in [-0.05, 0) is 81.9 Å². The number of amides is 1. The van der Waals surface area contributed by atoms with E-state index in [1.165, 1.54) is 23.7 Å². The molecule has 0 aliphatic heterocycles. The Kier molecular flexibility index (Phi) is 9.17. The SMILES string of the molecule is CC(C)c1ccc(N(CC(=O)NN=Cc2ccc(OCc3cccc4ccccc34)cc2)S(=O)(=O)c2ccccc2)cc1. The molecule has 218 valence electrons. The van der Waals surface area contributed by atoms with Gasteiger partial charge in [-0.2, -0.15) is 5.10 Å². The molecular formula is C35H33N3O4S. The first-order valence-corrected chi connectivity index (χ1v) is 15.4. The first kappa shape index (κ1) is 29.5. The number of fused-ring (bicyclic) bond motifs is 1. The Bertz CT molecular complexity index is 1810. The number of anilines is 1. The van der Waals surface area contributed by atoms with Crippen molar-refractivity contribution in [2.24, 2.45) is 5.10 Å². The van der Waals surface area contributed by atoms with E-state index in [1.807, 2.05) is 54.6 Å². The summed E-state index contributed by atoms with van der Waals surface area (Å²) in [7, 11) is -4.00. The molecule has 0 spiro atoms. The fraction of sp³-hybridized carbons (Fsp3) is 0.143. The third-order valence-electron chi connectivity index (χ3n) is 7.02. The minimum absolute atomic E-state index is 0.0991. The van der Waals surface area contributed by atoms with Crippen LogP contribution in [-0.2, 0) is 21.4 Å². The van der Waals surface area contributed by atoms with Crippen molar-refractivity contribution >= 4 is 38.6 Å². The Morgan fingerprint density at radius 2 is 1.51 bits per heavy atom. The van der Waals surface area contributed by atoms with Gasteiger partial charge in [0.05, 0.1) is 16.8 Å². The summed E-state index contributed by atoms with van der Waals surface area (Å²) in [6.07, 6.45) is 1.50. The topological polar surface area (TPSA) is 88.1 Å². The molecule has 0 atom stereocenters. The predicted molar refractivity (Wildman–Crippen MR) is 172 cm³/mol. The Labute approximate surface area is 252 Å². The highest BCUT2D eigenvalue weighted by Gasteiger charge is 2.27. The number of hydrogen-bond acceptors (Lipinski definition) is 5. The van der Waals surface area contributed by atoms with E-state index < -0.39 is 22.5 Å². The van der Waals surface area contributed by atoms with Crippen molar-refractivity contribution in [1.29, 1.82) is 0 Å². The van der Waals surface area contributed by atoms with E-state index in [-0.39, 0.29) is 10.8 Å². The molecule has 1 amide bonds. The second-order valence-electron chi connectivity index (χ2n) is 10.4. The highest BCUT2D eigenvalue weighted by molar-refractivity contribution is 7.92. The molecule has 7 nitrogen and oxygen atoms in total. The molecule has 0 aromatic heterocycles. The number of hydrazone groups is 1. The van der Waals surface area contributed by atoms with E-state index in [1.54, 1.807) is 30.3 Å². The minimum Gasteiger partial charge on any atom is -0.489 e. The largest absolute Gasteiger partial charge is 0.489 e. The van der Waals surface area contributed by atoms with Gasteiger partial charge in [-0.3, -0.25) is 9.10 Å². The highest BCUT2D eigenvalue weighted by atomic mass is 32.2. The lowest BCUT2D eigenvalue weighted by atomic mass is 10.0. The number of ether oxygens (including phenoxy) is 1. The average Bonchev–Trinajstić information content (AvgIpc) is 3.03. The smallest absolute Gasteiger partial charge is 0.264 e. The number of sulfonamides is 1. The van der Waals surface area contributed by atoms with Gasteiger partial charge >= 0.3 is 0 Å². The quantitative estimate of drug-likeness (QED) is 0.134. The van der Waals surface area contributed by atoms with Crippen molar-refractivity contribution in [3.8, 4) is 5.75 Å². The van der Waals surface area contributed by atoms with Crippen LogP contribution in [0.5, 0.6) is 5.75 Å². The van der Waals surface area contributed by atoms with Crippen LogP contribution in [0.2, 0.25) is 0 Å². The van der Waals surface area contributed by atoms with Crippen molar-refractivity contribution in [3.63, 3.8) is 0 Å². The lowest BCUT2D eigenvalue weighted by molar-refractivity contribution is -0.119. The van der Waals surface area contributed by atoms with Crippen molar-refractivity contribution in [3.05, 3.63) is 138 Å². The molecule has 43 heavy (non-hydrogen) atoms. The van der Waals surface area contributed by atoms with Gasteiger partial charge in [-0.25, -0.2) is 13.8 Å². The molecular weight excluding hydrogens is 558 g/mol. The summed E-state index contributed by atoms with van der Waals surface area (Å²) >= 11 is 0. The maximum atomic E-state index is 13.5. The van der Waals surface area contributed by atoms with Crippen LogP contribution in [0.1, 0.15) is 36.5 Å². The Balaban J connectivity index is 1.23. The molecule has 0 bridgehead atoms. The molecule has 0 radical (unpaired) electrons. The van der Waals surface area contributed by atoms with Crippen molar-refractivity contribution in [2.45, 2.75) is 31.3 Å². The number of rotatable bonds is 11. The third-order valence-corrected chi connectivity index (χ3v) is 8.81. The molecule has 8 heteroatoms. The number of carbonyl (C=O) groups is 1. The van der Waals surface area contributed by atoms with Gasteiger partial charge in [0.25, 0.3) is 15.9 Å². The zero-order chi connectivity index (χ0) is 30.2. The minimum atomic E-state index is -4.00. The zero-order valence-electron chi connectivity index (χ0n) is 24.1. The standard InChI is InChI=1S/C35H33N3O4S/c1-26(2)28-17-19-31(20-18-28)38(43(40,41)33-12-4-3-5-13-33)24-35(39)37-36-23-27-15-21-32(22-16-27)42-25-30-11-8-10-29-9-6-7-14-34(29)30/h3-23,26H,24-25H2,1-2H3,(H,37,39). The van der Waals surface area contributed by atoms with E-state index in [2.05, 4.69) is 48.6 Å². The number of hydrogen-bond donors (Lipinski definition) is 1. The van der Waals surface area contributed by atoms with E-state index >= 15 is 0 Å². The van der Waals surface area contributed by atoms with Crippen LogP contribution in [0.4, 0.5) is 5.69 Å². The maximum absolute atomic E-state index is 13.5. The molecule has 5 aromatic carbocycles. The van der Waals surface area contributed by atoms with Gasteiger partial charge in [-0.1, -0.05) is 86.6 Å². The Hall–Kier alpha value is -4.95. The molecule has 0 saturated carbocycles. The fourth-order valence-corrected chi connectivity index (χ4v) is 6.08. The fourth-order valence-electron chi connectivity index (χ4n) is 4.63. The summed E-state index contributed by atoms with van der Waals surface area (Å²) in [5.41, 5.74) is 5.77. The predicted octanol–water partition coefficient (Wildman–Crippen LogP) is 6.89. The summed E-state index contributed by atoms with van der Waals surface area (Å²) in [4.78, 5) is 13.0. The molecule has 0 fully saturated rings. The summed E-state index contributed by atoms with van der Waals surface area (Å²) < 4.78 is 34.1. The lowest BCUT2D eigenvalue weighted by Gasteiger charge is -2.24.